The number of aromatic hydroxyl groups is 1. The first-order chi connectivity index (χ1) is 10.7. The van der Waals surface area contributed by atoms with E-state index in [-0.39, 0.29) is 17.8 Å². The number of benzene rings is 1. The highest BCUT2D eigenvalue weighted by molar-refractivity contribution is 6.04. The van der Waals surface area contributed by atoms with E-state index < -0.39 is 0 Å². The van der Waals surface area contributed by atoms with Gasteiger partial charge >= 0.3 is 0 Å². The molecule has 1 saturated heterocycles. The fourth-order valence-electron chi connectivity index (χ4n) is 2.15. The number of anilines is 1. The van der Waals surface area contributed by atoms with Crippen LogP contribution in [-0.2, 0) is 4.74 Å². The maximum atomic E-state index is 12.1. The molecular weight excluding hydrogens is 284 g/mol. The van der Waals surface area contributed by atoms with Crippen LogP contribution in [0.5, 0.6) is 11.6 Å². The number of carbonyl (C=O) groups is 1. The highest BCUT2D eigenvalue weighted by Gasteiger charge is 2.17. The molecule has 1 amide bonds. The van der Waals surface area contributed by atoms with Gasteiger partial charge in [0, 0.05) is 30.4 Å². The summed E-state index contributed by atoms with van der Waals surface area (Å²) < 4.78 is 10.9. The predicted octanol–water partition coefficient (Wildman–Crippen LogP) is 2.21. The minimum atomic E-state index is -0.297. The van der Waals surface area contributed by atoms with Gasteiger partial charge < -0.3 is 19.9 Å². The zero-order valence-electron chi connectivity index (χ0n) is 11.9. The average molecular weight is 300 g/mol. The Kier molecular flexibility index (Phi) is 4.20. The van der Waals surface area contributed by atoms with Crippen LogP contribution in [-0.4, -0.2) is 35.3 Å². The molecule has 2 N–H and O–H groups in total. The standard InChI is InChI=1S/C16H16N2O4/c19-13-3-1-2-12(8-13)18-16(20)11-4-5-15(17-9-11)22-14-6-7-21-10-14/h1-5,8-9,14,19H,6-7,10H2,(H,18,20). The highest BCUT2D eigenvalue weighted by Crippen LogP contribution is 2.18. The van der Waals surface area contributed by atoms with Crippen molar-refractivity contribution in [2.75, 3.05) is 18.5 Å². The van der Waals surface area contributed by atoms with Crippen LogP contribution in [0.25, 0.3) is 0 Å². The van der Waals surface area contributed by atoms with Gasteiger partial charge in [-0.1, -0.05) is 6.07 Å². The average Bonchev–Trinajstić information content (AvgIpc) is 3.01. The molecule has 0 saturated carbocycles. The number of carbonyl (C=O) groups excluding carboxylic acids is 1. The topological polar surface area (TPSA) is 80.7 Å². The SMILES string of the molecule is O=C(Nc1cccc(O)c1)c1ccc(OC2CCOC2)nc1. The summed E-state index contributed by atoms with van der Waals surface area (Å²) in [7, 11) is 0. The number of nitrogens with zero attached hydrogens (tertiary/aromatic N) is 1. The summed E-state index contributed by atoms with van der Waals surface area (Å²) in [6.45, 7) is 1.27. The molecule has 1 aliphatic rings. The number of pyridine rings is 1. The summed E-state index contributed by atoms with van der Waals surface area (Å²) in [6, 6.07) is 9.68. The molecule has 1 fully saturated rings. The van der Waals surface area contributed by atoms with Gasteiger partial charge in [0.15, 0.2) is 0 Å². The number of nitrogens with one attached hydrogen (secondary N) is 1. The zero-order valence-corrected chi connectivity index (χ0v) is 11.9. The van der Waals surface area contributed by atoms with Crippen LogP contribution in [0.2, 0.25) is 0 Å². The number of phenols is 1. The second-order valence-electron chi connectivity index (χ2n) is 4.99. The molecule has 2 aromatic rings. The lowest BCUT2D eigenvalue weighted by atomic mass is 10.2. The number of aromatic nitrogens is 1. The van der Waals surface area contributed by atoms with Gasteiger partial charge in [0.1, 0.15) is 11.9 Å². The fraction of sp³-hybridized carbons (Fsp3) is 0.250. The van der Waals surface area contributed by atoms with Gasteiger partial charge in [-0.3, -0.25) is 4.79 Å². The molecule has 0 spiro atoms. The number of amides is 1. The summed E-state index contributed by atoms with van der Waals surface area (Å²) in [5.74, 6) is 0.275. The molecule has 1 aliphatic heterocycles. The molecule has 3 rings (SSSR count). The van der Waals surface area contributed by atoms with Crippen LogP contribution < -0.4 is 10.1 Å². The van der Waals surface area contributed by atoms with Gasteiger partial charge in [0.2, 0.25) is 5.88 Å². The van der Waals surface area contributed by atoms with Crippen molar-refractivity contribution in [3.8, 4) is 11.6 Å². The Morgan fingerprint density at radius 2 is 2.27 bits per heavy atom. The van der Waals surface area contributed by atoms with Crippen LogP contribution in [0.15, 0.2) is 42.6 Å². The van der Waals surface area contributed by atoms with Crippen molar-refractivity contribution >= 4 is 11.6 Å². The molecule has 1 aromatic carbocycles. The molecule has 22 heavy (non-hydrogen) atoms. The Morgan fingerprint density at radius 1 is 1.36 bits per heavy atom. The van der Waals surface area contributed by atoms with Crippen LogP contribution in [0.4, 0.5) is 5.69 Å². The molecule has 0 aliphatic carbocycles. The fourth-order valence-corrected chi connectivity index (χ4v) is 2.15. The highest BCUT2D eigenvalue weighted by atomic mass is 16.5. The Bertz CT molecular complexity index is 651. The van der Waals surface area contributed by atoms with Crippen molar-refractivity contribution in [1.29, 1.82) is 0 Å². The van der Waals surface area contributed by atoms with E-state index >= 15 is 0 Å². The number of hydrogen-bond acceptors (Lipinski definition) is 5. The van der Waals surface area contributed by atoms with Gasteiger partial charge in [0.25, 0.3) is 5.91 Å². The molecule has 2 heterocycles. The first-order valence-corrected chi connectivity index (χ1v) is 7.01. The Balaban J connectivity index is 1.63. The minimum absolute atomic E-state index is 0.0273. The minimum Gasteiger partial charge on any atom is -0.508 e. The van der Waals surface area contributed by atoms with E-state index in [1.165, 1.54) is 18.3 Å². The first-order valence-electron chi connectivity index (χ1n) is 7.01. The Morgan fingerprint density at radius 3 is 2.95 bits per heavy atom. The molecular formula is C16H16N2O4. The van der Waals surface area contributed by atoms with Gasteiger partial charge in [-0.05, 0) is 18.2 Å². The van der Waals surface area contributed by atoms with E-state index in [4.69, 9.17) is 9.47 Å². The molecule has 0 radical (unpaired) electrons. The van der Waals surface area contributed by atoms with E-state index in [2.05, 4.69) is 10.3 Å². The van der Waals surface area contributed by atoms with E-state index in [1.54, 1.807) is 24.3 Å². The van der Waals surface area contributed by atoms with Crippen LogP contribution in [0.3, 0.4) is 0 Å². The Labute approximate surface area is 127 Å². The normalized spacial score (nSPS) is 17.2. The second kappa shape index (κ2) is 6.44. The Hall–Kier alpha value is -2.60. The molecule has 6 heteroatoms. The quantitative estimate of drug-likeness (QED) is 0.905. The van der Waals surface area contributed by atoms with Gasteiger partial charge in [0.05, 0.1) is 18.8 Å². The van der Waals surface area contributed by atoms with Crippen molar-refractivity contribution in [3.05, 3.63) is 48.2 Å². The molecule has 1 atom stereocenters. The number of hydrogen-bond donors (Lipinski definition) is 2. The molecule has 6 nitrogen and oxygen atoms in total. The second-order valence-corrected chi connectivity index (χ2v) is 4.99. The van der Waals surface area contributed by atoms with E-state index in [0.717, 1.165) is 6.42 Å². The summed E-state index contributed by atoms with van der Waals surface area (Å²) in [5, 5.41) is 12.1. The van der Waals surface area contributed by atoms with Crippen molar-refractivity contribution in [2.24, 2.45) is 0 Å². The molecule has 114 valence electrons. The third kappa shape index (κ3) is 3.53. The third-order valence-electron chi connectivity index (χ3n) is 3.28. The lowest BCUT2D eigenvalue weighted by Gasteiger charge is -2.11. The monoisotopic (exact) mass is 300 g/mol. The maximum absolute atomic E-state index is 12.1. The summed E-state index contributed by atoms with van der Waals surface area (Å²) in [5.41, 5.74) is 0.937. The van der Waals surface area contributed by atoms with Gasteiger partial charge in [-0.2, -0.15) is 0 Å². The van der Waals surface area contributed by atoms with Crippen molar-refractivity contribution in [1.82, 2.24) is 4.98 Å². The van der Waals surface area contributed by atoms with Crippen LogP contribution >= 0.6 is 0 Å². The maximum Gasteiger partial charge on any atom is 0.257 e. The zero-order chi connectivity index (χ0) is 15.4. The lowest BCUT2D eigenvalue weighted by molar-refractivity contribution is 0.102. The van der Waals surface area contributed by atoms with Gasteiger partial charge in [-0.15, -0.1) is 0 Å². The molecule has 1 aromatic heterocycles. The van der Waals surface area contributed by atoms with Crippen LogP contribution in [0, 0.1) is 0 Å². The molecule has 1 unspecified atom stereocenters. The summed E-state index contributed by atoms with van der Waals surface area (Å²) in [6.07, 6.45) is 2.34. The summed E-state index contributed by atoms with van der Waals surface area (Å²) in [4.78, 5) is 16.2. The number of ether oxygens (including phenoxy) is 2. The van der Waals surface area contributed by atoms with E-state index in [9.17, 15) is 9.90 Å². The summed E-state index contributed by atoms with van der Waals surface area (Å²) >= 11 is 0. The third-order valence-corrected chi connectivity index (χ3v) is 3.28. The predicted molar refractivity (Wildman–Crippen MR) is 80.1 cm³/mol. The van der Waals surface area contributed by atoms with Crippen molar-refractivity contribution in [2.45, 2.75) is 12.5 Å². The first kappa shape index (κ1) is 14.3. The lowest BCUT2D eigenvalue weighted by Crippen LogP contribution is -2.17. The van der Waals surface area contributed by atoms with E-state index in [0.29, 0.717) is 30.3 Å². The van der Waals surface area contributed by atoms with Crippen molar-refractivity contribution in [3.63, 3.8) is 0 Å². The largest absolute Gasteiger partial charge is 0.508 e. The van der Waals surface area contributed by atoms with Crippen LogP contribution in [0.1, 0.15) is 16.8 Å². The number of rotatable bonds is 4. The van der Waals surface area contributed by atoms with E-state index in [1.807, 2.05) is 0 Å². The molecule has 0 bridgehead atoms. The van der Waals surface area contributed by atoms with Gasteiger partial charge in [-0.25, -0.2) is 4.98 Å². The smallest absolute Gasteiger partial charge is 0.257 e. The van der Waals surface area contributed by atoms with Crippen molar-refractivity contribution < 1.29 is 19.4 Å². The number of phenolic OH excluding ortho intramolecular Hbond substituents is 1.